The van der Waals surface area contributed by atoms with E-state index >= 15 is 0 Å². The maximum Gasteiger partial charge on any atom is 0.328 e. The molecule has 0 unspecified atom stereocenters. The van der Waals surface area contributed by atoms with Crippen LogP contribution in [-0.2, 0) is 11.2 Å². The van der Waals surface area contributed by atoms with Crippen LogP contribution in [0.15, 0.2) is 12.3 Å². The summed E-state index contributed by atoms with van der Waals surface area (Å²) in [4.78, 5) is 17.2. The number of nitrogens with one attached hydrogen (secondary N) is 1. The van der Waals surface area contributed by atoms with Crippen molar-refractivity contribution < 1.29 is 9.90 Å². The van der Waals surface area contributed by atoms with Gasteiger partial charge in [-0.3, -0.25) is 0 Å². The minimum Gasteiger partial charge on any atom is -0.478 e. The molecule has 1 aromatic heterocycles. The average molecular weight is 180 g/mol. The topological polar surface area (TPSA) is 66.0 Å². The Morgan fingerprint density at radius 3 is 3.15 bits per heavy atom. The molecule has 1 heterocycles. The van der Waals surface area contributed by atoms with Crippen molar-refractivity contribution in [3.8, 4) is 0 Å². The summed E-state index contributed by atoms with van der Waals surface area (Å²) in [6.07, 6.45) is 6.22. The predicted molar refractivity (Wildman–Crippen MR) is 49.3 cm³/mol. The lowest BCUT2D eigenvalue weighted by Gasteiger charge is -1.88. The van der Waals surface area contributed by atoms with E-state index < -0.39 is 5.97 Å². The fourth-order valence-corrected chi connectivity index (χ4v) is 1.01. The van der Waals surface area contributed by atoms with Crippen LogP contribution in [0.4, 0.5) is 0 Å². The van der Waals surface area contributed by atoms with Crippen molar-refractivity contribution in [3.05, 3.63) is 23.8 Å². The van der Waals surface area contributed by atoms with Gasteiger partial charge in [-0.2, -0.15) is 0 Å². The molecule has 1 aromatic rings. The normalized spacial score (nSPS) is 10.8. The average Bonchev–Trinajstić information content (AvgIpc) is 2.50. The van der Waals surface area contributed by atoms with Gasteiger partial charge in [0.1, 0.15) is 5.82 Å². The number of aromatic nitrogens is 2. The van der Waals surface area contributed by atoms with Gasteiger partial charge in [0.15, 0.2) is 0 Å². The van der Waals surface area contributed by atoms with E-state index in [0.29, 0.717) is 5.82 Å². The summed E-state index contributed by atoms with van der Waals surface area (Å²) in [6.45, 7) is 2.08. The minimum atomic E-state index is -0.964. The summed E-state index contributed by atoms with van der Waals surface area (Å²) in [7, 11) is 0. The van der Waals surface area contributed by atoms with E-state index in [2.05, 4.69) is 16.9 Å². The van der Waals surface area contributed by atoms with Crippen molar-refractivity contribution in [2.24, 2.45) is 0 Å². The number of hydrogen-bond donors (Lipinski definition) is 2. The zero-order chi connectivity index (χ0) is 9.68. The highest BCUT2D eigenvalue weighted by Gasteiger charge is 1.96. The Morgan fingerprint density at radius 1 is 1.77 bits per heavy atom. The molecular weight excluding hydrogens is 168 g/mol. The van der Waals surface area contributed by atoms with Crippen molar-refractivity contribution in [3.63, 3.8) is 0 Å². The highest BCUT2D eigenvalue weighted by Crippen LogP contribution is 2.01. The molecule has 0 amide bonds. The fourth-order valence-electron chi connectivity index (χ4n) is 1.01. The molecule has 0 fully saturated rings. The highest BCUT2D eigenvalue weighted by atomic mass is 16.4. The van der Waals surface area contributed by atoms with E-state index in [1.54, 1.807) is 6.20 Å². The lowest BCUT2D eigenvalue weighted by atomic mass is 10.3. The summed E-state index contributed by atoms with van der Waals surface area (Å²) in [5, 5.41) is 8.36. The van der Waals surface area contributed by atoms with Gasteiger partial charge < -0.3 is 10.1 Å². The summed E-state index contributed by atoms with van der Waals surface area (Å²) in [5.41, 5.74) is 1.03. The number of nitrogens with zero attached hydrogens (tertiary/aromatic N) is 1. The van der Waals surface area contributed by atoms with Crippen molar-refractivity contribution in [2.75, 3.05) is 0 Å². The Kier molecular flexibility index (Phi) is 3.25. The molecule has 0 aliphatic rings. The largest absolute Gasteiger partial charge is 0.478 e. The molecule has 4 heteroatoms. The number of rotatable bonds is 4. The molecule has 13 heavy (non-hydrogen) atoms. The zero-order valence-electron chi connectivity index (χ0n) is 7.45. The van der Waals surface area contributed by atoms with E-state index in [-0.39, 0.29) is 0 Å². The first-order valence-corrected chi connectivity index (χ1v) is 4.17. The lowest BCUT2D eigenvalue weighted by molar-refractivity contribution is -0.131. The van der Waals surface area contributed by atoms with Crippen LogP contribution < -0.4 is 0 Å². The molecule has 70 valence electrons. The van der Waals surface area contributed by atoms with E-state index in [1.807, 2.05) is 0 Å². The van der Waals surface area contributed by atoms with Gasteiger partial charge in [0.05, 0.1) is 0 Å². The maximum absolute atomic E-state index is 10.2. The second-order valence-electron chi connectivity index (χ2n) is 2.72. The van der Waals surface area contributed by atoms with Crippen LogP contribution in [-0.4, -0.2) is 21.0 Å². The maximum atomic E-state index is 10.2. The van der Waals surface area contributed by atoms with Crippen molar-refractivity contribution >= 4 is 12.0 Å². The second-order valence-corrected chi connectivity index (χ2v) is 2.72. The first-order chi connectivity index (χ1) is 6.22. The summed E-state index contributed by atoms with van der Waals surface area (Å²) in [6, 6.07) is 0. The molecule has 0 radical (unpaired) electrons. The third-order valence-electron chi connectivity index (χ3n) is 1.55. The first kappa shape index (κ1) is 9.51. The van der Waals surface area contributed by atoms with Crippen LogP contribution in [0.3, 0.4) is 0 Å². The Labute approximate surface area is 76.3 Å². The minimum absolute atomic E-state index is 0.589. The Balaban J connectivity index is 2.63. The number of carboxylic acids is 1. The molecule has 0 atom stereocenters. The van der Waals surface area contributed by atoms with Gasteiger partial charge in [-0.1, -0.05) is 13.3 Å². The summed E-state index contributed by atoms with van der Waals surface area (Å²) in [5.74, 6) is -0.376. The Hall–Kier alpha value is -1.58. The van der Waals surface area contributed by atoms with Crippen LogP contribution in [0.5, 0.6) is 0 Å². The molecule has 0 aliphatic carbocycles. The van der Waals surface area contributed by atoms with Crippen LogP contribution in [0.2, 0.25) is 0 Å². The summed E-state index contributed by atoms with van der Waals surface area (Å²) < 4.78 is 0. The molecule has 0 saturated carbocycles. The van der Waals surface area contributed by atoms with Crippen LogP contribution >= 0.6 is 0 Å². The van der Waals surface area contributed by atoms with E-state index in [9.17, 15) is 4.79 Å². The van der Waals surface area contributed by atoms with Gasteiger partial charge in [-0.05, 0) is 12.5 Å². The predicted octanol–water partition coefficient (Wildman–Crippen LogP) is 1.46. The van der Waals surface area contributed by atoms with E-state index in [4.69, 9.17) is 5.11 Å². The number of carboxylic acid groups (broad SMARTS) is 1. The first-order valence-electron chi connectivity index (χ1n) is 4.17. The number of aromatic amines is 1. The SMILES string of the molecule is CCCc1cnc(/C=C/C(=O)O)[nH]1. The van der Waals surface area contributed by atoms with Gasteiger partial charge >= 0.3 is 5.97 Å². The third-order valence-corrected chi connectivity index (χ3v) is 1.55. The zero-order valence-corrected chi connectivity index (χ0v) is 7.45. The number of hydrogen-bond acceptors (Lipinski definition) is 2. The third kappa shape index (κ3) is 3.11. The van der Waals surface area contributed by atoms with Crippen molar-refractivity contribution in [2.45, 2.75) is 19.8 Å². The monoisotopic (exact) mass is 180 g/mol. The van der Waals surface area contributed by atoms with Crippen LogP contribution in [0, 0.1) is 0 Å². The van der Waals surface area contributed by atoms with E-state index in [1.165, 1.54) is 6.08 Å². The van der Waals surface area contributed by atoms with Gasteiger partial charge in [-0.25, -0.2) is 9.78 Å². The Bertz CT molecular complexity index is 315. The number of imidazole rings is 1. The summed E-state index contributed by atoms with van der Waals surface area (Å²) >= 11 is 0. The van der Waals surface area contributed by atoms with Gasteiger partial charge in [0, 0.05) is 18.0 Å². The molecule has 0 aromatic carbocycles. The quantitative estimate of drug-likeness (QED) is 0.689. The molecule has 0 bridgehead atoms. The molecule has 0 spiro atoms. The molecule has 4 nitrogen and oxygen atoms in total. The number of aryl methyl sites for hydroxylation is 1. The van der Waals surface area contributed by atoms with E-state index in [0.717, 1.165) is 24.6 Å². The Morgan fingerprint density at radius 2 is 2.54 bits per heavy atom. The van der Waals surface area contributed by atoms with Crippen LogP contribution in [0.1, 0.15) is 24.9 Å². The van der Waals surface area contributed by atoms with Crippen LogP contribution in [0.25, 0.3) is 6.08 Å². The molecule has 0 saturated heterocycles. The molecule has 0 aliphatic heterocycles. The number of carbonyl (C=O) groups is 1. The smallest absolute Gasteiger partial charge is 0.328 e. The standard InChI is InChI=1S/C9H12N2O2/c1-2-3-7-6-10-8(11-7)4-5-9(12)13/h4-6H,2-3H2,1H3,(H,10,11)(H,12,13)/b5-4+. The van der Waals surface area contributed by atoms with Gasteiger partial charge in [0.2, 0.25) is 0 Å². The second kappa shape index (κ2) is 4.45. The lowest BCUT2D eigenvalue weighted by Crippen LogP contribution is -1.87. The van der Waals surface area contributed by atoms with Gasteiger partial charge in [-0.15, -0.1) is 0 Å². The number of aliphatic carboxylic acids is 1. The van der Waals surface area contributed by atoms with Crippen molar-refractivity contribution in [1.29, 1.82) is 0 Å². The molecule has 2 N–H and O–H groups in total. The molecular formula is C9H12N2O2. The fraction of sp³-hybridized carbons (Fsp3) is 0.333. The van der Waals surface area contributed by atoms with Gasteiger partial charge in [0.25, 0.3) is 0 Å². The highest BCUT2D eigenvalue weighted by molar-refractivity contribution is 5.84. The molecule has 1 rings (SSSR count). The number of H-pyrrole nitrogens is 1. The van der Waals surface area contributed by atoms with Crippen molar-refractivity contribution in [1.82, 2.24) is 9.97 Å².